The number of nitrogens with zero attached hydrogens (tertiary/aromatic N) is 3. The van der Waals surface area contributed by atoms with Gasteiger partial charge in [0.05, 0.1) is 0 Å². The molecule has 70 valence electrons. The van der Waals surface area contributed by atoms with Crippen molar-refractivity contribution in [1.82, 2.24) is 15.0 Å². The molecule has 0 saturated carbocycles. The molecule has 0 spiro atoms. The number of hydrogen-bond donors (Lipinski definition) is 0. The summed E-state index contributed by atoms with van der Waals surface area (Å²) in [6.45, 7) is 2.08. The van der Waals surface area contributed by atoms with Crippen molar-refractivity contribution in [3.05, 3.63) is 42.5 Å². The van der Waals surface area contributed by atoms with Gasteiger partial charge in [-0.05, 0) is 24.6 Å². The van der Waals surface area contributed by atoms with Gasteiger partial charge in [-0.2, -0.15) is 0 Å². The van der Waals surface area contributed by atoms with Crippen molar-refractivity contribution in [2.24, 2.45) is 0 Å². The number of aromatic nitrogens is 3. The highest BCUT2D eigenvalue weighted by molar-refractivity contribution is 5.52. The fourth-order valence-corrected chi connectivity index (χ4v) is 1.23. The molecule has 0 unspecified atom stereocenters. The zero-order valence-electron chi connectivity index (χ0n) is 8.01. The van der Waals surface area contributed by atoms with Crippen molar-refractivity contribution in [1.29, 1.82) is 0 Å². The molecule has 14 heavy (non-hydrogen) atoms. The van der Waals surface area contributed by atoms with Gasteiger partial charge in [0.1, 0.15) is 0 Å². The molecule has 2 aromatic rings. The lowest BCUT2D eigenvalue weighted by molar-refractivity contribution is 1.00. The van der Waals surface area contributed by atoms with Crippen LogP contribution in [0.4, 0.5) is 0 Å². The highest BCUT2D eigenvalue weighted by Crippen LogP contribution is 2.12. The Bertz CT molecular complexity index is 412. The van der Waals surface area contributed by atoms with Crippen LogP contribution < -0.4 is 0 Å². The lowest BCUT2D eigenvalue weighted by Gasteiger charge is -2.00. The minimum absolute atomic E-state index is 0.748. The second kappa shape index (κ2) is 3.96. The van der Waals surface area contributed by atoms with E-state index < -0.39 is 0 Å². The van der Waals surface area contributed by atoms with Crippen molar-refractivity contribution >= 4 is 0 Å². The zero-order chi connectivity index (χ0) is 9.80. The Morgan fingerprint density at radius 2 is 2.14 bits per heavy atom. The molecule has 0 aliphatic heterocycles. The predicted octanol–water partition coefficient (Wildman–Crippen LogP) is 2.10. The highest BCUT2D eigenvalue weighted by Gasteiger charge is 2.00. The maximum Gasteiger partial charge on any atom is 0.160 e. The fraction of sp³-hybridized carbons (Fsp3) is 0.182. The van der Waals surface area contributed by atoms with Gasteiger partial charge in [-0.15, -0.1) is 0 Å². The van der Waals surface area contributed by atoms with Crippen LogP contribution in [0, 0.1) is 0 Å². The summed E-state index contributed by atoms with van der Waals surface area (Å²) in [6, 6.07) is 5.78. The van der Waals surface area contributed by atoms with E-state index in [2.05, 4.69) is 21.9 Å². The van der Waals surface area contributed by atoms with E-state index in [1.54, 1.807) is 18.6 Å². The van der Waals surface area contributed by atoms with E-state index in [0.29, 0.717) is 0 Å². The van der Waals surface area contributed by atoms with Gasteiger partial charge in [0, 0.05) is 29.8 Å². The Hall–Kier alpha value is -1.77. The SMILES string of the molecule is CCc1ccnc(-c2cccnc2)n1. The van der Waals surface area contributed by atoms with Crippen molar-refractivity contribution in [2.75, 3.05) is 0 Å². The van der Waals surface area contributed by atoms with Crippen LogP contribution >= 0.6 is 0 Å². The number of aryl methyl sites for hydroxylation is 1. The molecule has 3 nitrogen and oxygen atoms in total. The van der Waals surface area contributed by atoms with E-state index in [1.807, 2.05) is 18.2 Å². The third-order valence-corrected chi connectivity index (χ3v) is 2.00. The fourth-order valence-electron chi connectivity index (χ4n) is 1.23. The summed E-state index contributed by atoms with van der Waals surface area (Å²) in [7, 11) is 0. The summed E-state index contributed by atoms with van der Waals surface area (Å²) in [5, 5.41) is 0. The molecule has 0 atom stereocenters. The molecule has 2 heterocycles. The summed E-state index contributed by atoms with van der Waals surface area (Å²) in [4.78, 5) is 12.7. The van der Waals surface area contributed by atoms with Crippen LogP contribution in [0.3, 0.4) is 0 Å². The number of rotatable bonds is 2. The van der Waals surface area contributed by atoms with Crippen LogP contribution in [0.15, 0.2) is 36.8 Å². The maximum atomic E-state index is 4.41. The Kier molecular flexibility index (Phi) is 2.49. The zero-order valence-corrected chi connectivity index (χ0v) is 8.01. The number of pyridine rings is 1. The lowest BCUT2D eigenvalue weighted by Crippen LogP contribution is -1.93. The van der Waals surface area contributed by atoms with Gasteiger partial charge in [-0.3, -0.25) is 4.98 Å². The Morgan fingerprint density at radius 3 is 2.86 bits per heavy atom. The molecule has 0 aliphatic carbocycles. The van der Waals surface area contributed by atoms with Crippen LogP contribution in [0.2, 0.25) is 0 Å². The molecule has 3 heteroatoms. The van der Waals surface area contributed by atoms with Crippen LogP contribution in [0.1, 0.15) is 12.6 Å². The quantitative estimate of drug-likeness (QED) is 0.719. The molecule has 0 radical (unpaired) electrons. The Balaban J connectivity index is 2.42. The van der Waals surface area contributed by atoms with Gasteiger partial charge in [-0.1, -0.05) is 6.92 Å². The molecule has 0 bridgehead atoms. The lowest BCUT2D eigenvalue weighted by atomic mass is 10.2. The van der Waals surface area contributed by atoms with E-state index in [-0.39, 0.29) is 0 Å². The third-order valence-electron chi connectivity index (χ3n) is 2.00. The molecule has 0 aliphatic rings. The first kappa shape index (κ1) is 8.81. The minimum atomic E-state index is 0.748. The predicted molar refractivity (Wildman–Crippen MR) is 54.6 cm³/mol. The van der Waals surface area contributed by atoms with E-state index in [9.17, 15) is 0 Å². The summed E-state index contributed by atoms with van der Waals surface area (Å²) < 4.78 is 0. The second-order valence-electron chi connectivity index (χ2n) is 2.97. The van der Waals surface area contributed by atoms with E-state index in [1.165, 1.54) is 0 Å². The molecular weight excluding hydrogens is 174 g/mol. The van der Waals surface area contributed by atoms with Crippen molar-refractivity contribution in [2.45, 2.75) is 13.3 Å². The second-order valence-corrected chi connectivity index (χ2v) is 2.97. The molecule has 2 rings (SSSR count). The molecule has 0 saturated heterocycles. The van der Waals surface area contributed by atoms with Gasteiger partial charge < -0.3 is 0 Å². The highest BCUT2D eigenvalue weighted by atomic mass is 14.9. The molecule has 2 aromatic heterocycles. The topological polar surface area (TPSA) is 38.7 Å². The monoisotopic (exact) mass is 185 g/mol. The number of hydrogen-bond acceptors (Lipinski definition) is 3. The van der Waals surface area contributed by atoms with Gasteiger partial charge in [0.2, 0.25) is 0 Å². The first-order chi connectivity index (χ1) is 6.90. The van der Waals surface area contributed by atoms with Gasteiger partial charge >= 0.3 is 0 Å². The minimum Gasteiger partial charge on any atom is -0.264 e. The first-order valence-corrected chi connectivity index (χ1v) is 4.62. The van der Waals surface area contributed by atoms with Gasteiger partial charge in [0.25, 0.3) is 0 Å². The average molecular weight is 185 g/mol. The maximum absolute atomic E-state index is 4.41. The first-order valence-electron chi connectivity index (χ1n) is 4.62. The van der Waals surface area contributed by atoms with Crippen molar-refractivity contribution in [3.8, 4) is 11.4 Å². The normalized spacial score (nSPS) is 10.1. The summed E-state index contributed by atoms with van der Waals surface area (Å²) in [5.41, 5.74) is 2.02. The van der Waals surface area contributed by atoms with E-state index >= 15 is 0 Å². The van der Waals surface area contributed by atoms with Crippen LogP contribution in [0.5, 0.6) is 0 Å². The molecule has 0 aromatic carbocycles. The van der Waals surface area contributed by atoms with Crippen LogP contribution in [0.25, 0.3) is 11.4 Å². The van der Waals surface area contributed by atoms with Crippen LogP contribution in [-0.2, 0) is 6.42 Å². The van der Waals surface area contributed by atoms with E-state index in [0.717, 1.165) is 23.5 Å². The average Bonchev–Trinajstić information content (AvgIpc) is 2.30. The third kappa shape index (κ3) is 1.76. The summed E-state index contributed by atoms with van der Waals surface area (Å²) in [5.74, 6) is 0.748. The summed E-state index contributed by atoms with van der Waals surface area (Å²) in [6.07, 6.45) is 6.23. The Morgan fingerprint density at radius 1 is 1.21 bits per heavy atom. The molecule has 0 fully saturated rings. The largest absolute Gasteiger partial charge is 0.264 e. The molecule has 0 amide bonds. The molecular formula is C11H11N3. The smallest absolute Gasteiger partial charge is 0.160 e. The van der Waals surface area contributed by atoms with Gasteiger partial charge in [-0.25, -0.2) is 9.97 Å². The van der Waals surface area contributed by atoms with Gasteiger partial charge in [0.15, 0.2) is 5.82 Å². The standard InChI is InChI=1S/C11H11N3/c1-2-10-5-7-13-11(14-10)9-4-3-6-12-8-9/h3-8H,2H2,1H3. The van der Waals surface area contributed by atoms with Crippen molar-refractivity contribution in [3.63, 3.8) is 0 Å². The van der Waals surface area contributed by atoms with Crippen molar-refractivity contribution < 1.29 is 0 Å². The summed E-state index contributed by atoms with van der Waals surface area (Å²) >= 11 is 0. The van der Waals surface area contributed by atoms with E-state index in [4.69, 9.17) is 0 Å². The Labute approximate surface area is 82.9 Å². The molecule has 0 N–H and O–H groups in total. The van der Waals surface area contributed by atoms with Crippen LogP contribution in [-0.4, -0.2) is 15.0 Å².